The zero-order valence-electron chi connectivity index (χ0n) is 17.3. The number of benzene rings is 2. The van der Waals surface area contributed by atoms with E-state index in [0.717, 1.165) is 12.8 Å². The maximum absolute atomic E-state index is 12.8. The van der Waals surface area contributed by atoms with E-state index in [-0.39, 0.29) is 22.0 Å². The third kappa shape index (κ3) is 5.75. The molecule has 0 atom stereocenters. The molecule has 0 aliphatic carbocycles. The number of sulfonamides is 1. The summed E-state index contributed by atoms with van der Waals surface area (Å²) < 4.78 is 27.1. The van der Waals surface area contributed by atoms with Crippen molar-refractivity contribution in [1.82, 2.24) is 9.62 Å². The molecule has 10 heteroatoms. The van der Waals surface area contributed by atoms with Crippen molar-refractivity contribution in [1.29, 1.82) is 0 Å². The Morgan fingerprint density at radius 3 is 2.19 bits per heavy atom. The van der Waals surface area contributed by atoms with Crippen LogP contribution in [0.2, 0.25) is 5.02 Å². The second-order valence-electron chi connectivity index (χ2n) is 7.54. The predicted octanol–water partition coefficient (Wildman–Crippen LogP) is 3.91. The van der Waals surface area contributed by atoms with Gasteiger partial charge in [0, 0.05) is 36.1 Å². The SMILES string of the molecule is CC(C)NC(=O)Nc1ccc(C(=O)Nc2ccc(Cl)c(S(=O)(=O)N3CCCC3)c2)cc1. The minimum absolute atomic E-state index is 0.00333. The third-order valence-electron chi connectivity index (χ3n) is 4.70. The molecule has 3 amide bonds. The normalized spacial score (nSPS) is 14.5. The van der Waals surface area contributed by atoms with Crippen molar-refractivity contribution in [2.24, 2.45) is 0 Å². The minimum atomic E-state index is -3.71. The first-order valence-corrected chi connectivity index (χ1v) is 11.8. The van der Waals surface area contributed by atoms with Crippen LogP contribution in [0, 0.1) is 0 Å². The maximum atomic E-state index is 12.8. The molecular weight excluding hydrogens is 440 g/mol. The van der Waals surface area contributed by atoms with Gasteiger partial charge in [0.15, 0.2) is 0 Å². The number of nitrogens with one attached hydrogen (secondary N) is 3. The van der Waals surface area contributed by atoms with E-state index < -0.39 is 15.9 Å². The van der Waals surface area contributed by atoms with E-state index in [1.165, 1.54) is 16.4 Å². The van der Waals surface area contributed by atoms with Crippen LogP contribution in [0.3, 0.4) is 0 Å². The quantitative estimate of drug-likeness (QED) is 0.602. The van der Waals surface area contributed by atoms with Gasteiger partial charge in [0.2, 0.25) is 10.0 Å². The second-order valence-corrected chi connectivity index (χ2v) is 9.85. The number of amides is 3. The van der Waals surface area contributed by atoms with Crippen molar-refractivity contribution >= 4 is 44.9 Å². The zero-order chi connectivity index (χ0) is 22.6. The van der Waals surface area contributed by atoms with E-state index in [4.69, 9.17) is 11.6 Å². The Hall–Kier alpha value is -2.62. The molecule has 8 nitrogen and oxygen atoms in total. The van der Waals surface area contributed by atoms with Crippen molar-refractivity contribution in [2.45, 2.75) is 37.6 Å². The highest BCUT2D eigenvalue weighted by molar-refractivity contribution is 7.89. The van der Waals surface area contributed by atoms with Crippen LogP contribution in [0.25, 0.3) is 0 Å². The fraction of sp³-hybridized carbons (Fsp3) is 0.333. The molecule has 1 aliphatic rings. The van der Waals surface area contributed by atoms with E-state index >= 15 is 0 Å². The van der Waals surface area contributed by atoms with E-state index in [9.17, 15) is 18.0 Å². The molecule has 1 fully saturated rings. The molecule has 0 spiro atoms. The van der Waals surface area contributed by atoms with Crippen LogP contribution < -0.4 is 16.0 Å². The van der Waals surface area contributed by atoms with Gasteiger partial charge in [0.1, 0.15) is 4.90 Å². The fourth-order valence-corrected chi connectivity index (χ4v) is 5.20. The van der Waals surface area contributed by atoms with Crippen LogP contribution in [0.5, 0.6) is 0 Å². The van der Waals surface area contributed by atoms with Crippen LogP contribution in [0.4, 0.5) is 16.2 Å². The molecule has 0 bridgehead atoms. The molecule has 1 aliphatic heterocycles. The van der Waals surface area contributed by atoms with E-state index in [1.54, 1.807) is 30.3 Å². The number of carbonyl (C=O) groups excluding carboxylic acids is 2. The minimum Gasteiger partial charge on any atom is -0.336 e. The smallest absolute Gasteiger partial charge is 0.319 e. The Labute approximate surface area is 187 Å². The summed E-state index contributed by atoms with van der Waals surface area (Å²) in [6, 6.07) is 10.4. The number of urea groups is 1. The Morgan fingerprint density at radius 2 is 1.58 bits per heavy atom. The molecule has 3 rings (SSSR count). The van der Waals surface area contributed by atoms with Gasteiger partial charge in [-0.2, -0.15) is 4.31 Å². The number of hydrogen-bond acceptors (Lipinski definition) is 4. The first-order chi connectivity index (χ1) is 14.7. The Balaban J connectivity index is 1.71. The molecule has 31 heavy (non-hydrogen) atoms. The number of anilines is 2. The van der Waals surface area contributed by atoms with Crippen LogP contribution in [0.1, 0.15) is 37.0 Å². The van der Waals surface area contributed by atoms with Gasteiger partial charge in [-0.3, -0.25) is 4.79 Å². The molecule has 2 aromatic carbocycles. The van der Waals surface area contributed by atoms with Crippen LogP contribution in [-0.4, -0.2) is 43.8 Å². The van der Waals surface area contributed by atoms with Gasteiger partial charge in [-0.25, -0.2) is 13.2 Å². The highest BCUT2D eigenvalue weighted by Gasteiger charge is 2.29. The van der Waals surface area contributed by atoms with E-state index in [2.05, 4.69) is 16.0 Å². The van der Waals surface area contributed by atoms with Gasteiger partial charge in [0.05, 0.1) is 5.02 Å². The van der Waals surface area contributed by atoms with Crippen LogP contribution in [-0.2, 0) is 10.0 Å². The number of halogens is 1. The standard InChI is InChI=1S/C21H25ClN4O4S/c1-14(2)23-21(28)25-16-7-5-15(6-8-16)20(27)24-17-9-10-18(22)19(13-17)31(29,30)26-11-3-4-12-26/h5-10,13-14H,3-4,11-12H2,1-2H3,(H,24,27)(H2,23,25,28). The lowest BCUT2D eigenvalue weighted by molar-refractivity contribution is 0.102. The summed E-state index contributed by atoms with van der Waals surface area (Å²) in [5.41, 5.74) is 1.22. The van der Waals surface area contributed by atoms with Crippen LogP contribution >= 0.6 is 11.6 Å². The summed E-state index contributed by atoms with van der Waals surface area (Å²) in [6.45, 7) is 4.63. The topological polar surface area (TPSA) is 108 Å². The summed E-state index contributed by atoms with van der Waals surface area (Å²) in [6.07, 6.45) is 1.63. The van der Waals surface area contributed by atoms with Gasteiger partial charge < -0.3 is 16.0 Å². The van der Waals surface area contributed by atoms with Gasteiger partial charge in [0.25, 0.3) is 5.91 Å². The number of rotatable bonds is 6. The molecule has 166 valence electrons. The summed E-state index contributed by atoms with van der Waals surface area (Å²) in [5.74, 6) is -0.412. The van der Waals surface area contributed by atoms with Crippen LogP contribution in [0.15, 0.2) is 47.4 Å². The van der Waals surface area contributed by atoms with Gasteiger partial charge in [-0.05, 0) is 69.2 Å². The lowest BCUT2D eigenvalue weighted by Gasteiger charge is -2.17. The molecule has 0 aromatic heterocycles. The molecule has 1 heterocycles. The average molecular weight is 465 g/mol. The third-order valence-corrected chi connectivity index (χ3v) is 7.08. The molecule has 0 unspecified atom stereocenters. The summed E-state index contributed by atoms with van der Waals surface area (Å²) >= 11 is 6.14. The van der Waals surface area contributed by atoms with Gasteiger partial charge in [-0.15, -0.1) is 0 Å². The zero-order valence-corrected chi connectivity index (χ0v) is 18.9. The predicted molar refractivity (Wildman–Crippen MR) is 121 cm³/mol. The molecule has 1 saturated heterocycles. The number of carbonyl (C=O) groups is 2. The summed E-state index contributed by atoms with van der Waals surface area (Å²) in [5, 5.41) is 8.19. The second kappa shape index (κ2) is 9.67. The lowest BCUT2D eigenvalue weighted by Crippen LogP contribution is -2.34. The molecule has 3 N–H and O–H groups in total. The Bertz CT molecular complexity index is 1070. The number of nitrogens with zero attached hydrogens (tertiary/aromatic N) is 1. The van der Waals surface area contributed by atoms with Crippen molar-refractivity contribution in [2.75, 3.05) is 23.7 Å². The Morgan fingerprint density at radius 1 is 0.968 bits per heavy atom. The average Bonchev–Trinajstić information content (AvgIpc) is 3.25. The van der Waals surface area contributed by atoms with Gasteiger partial charge >= 0.3 is 6.03 Å². The molecule has 2 aromatic rings. The Kier molecular flexibility index (Phi) is 7.19. The molecular formula is C21H25ClN4O4S. The summed E-state index contributed by atoms with van der Waals surface area (Å²) in [4.78, 5) is 24.3. The van der Waals surface area contributed by atoms with E-state index in [0.29, 0.717) is 30.0 Å². The van der Waals surface area contributed by atoms with E-state index in [1.807, 2.05) is 13.8 Å². The monoisotopic (exact) mass is 464 g/mol. The van der Waals surface area contributed by atoms with Crippen molar-refractivity contribution in [3.05, 3.63) is 53.1 Å². The highest BCUT2D eigenvalue weighted by atomic mass is 35.5. The first-order valence-electron chi connectivity index (χ1n) is 9.95. The fourth-order valence-electron chi connectivity index (χ4n) is 3.18. The lowest BCUT2D eigenvalue weighted by atomic mass is 10.2. The van der Waals surface area contributed by atoms with Crippen molar-refractivity contribution in [3.8, 4) is 0 Å². The molecule has 0 saturated carbocycles. The van der Waals surface area contributed by atoms with Crippen molar-refractivity contribution < 1.29 is 18.0 Å². The van der Waals surface area contributed by atoms with Gasteiger partial charge in [-0.1, -0.05) is 11.6 Å². The molecule has 0 radical (unpaired) electrons. The largest absolute Gasteiger partial charge is 0.336 e. The first kappa shape index (κ1) is 23.1. The maximum Gasteiger partial charge on any atom is 0.319 e. The number of hydrogen-bond donors (Lipinski definition) is 3. The highest BCUT2D eigenvalue weighted by Crippen LogP contribution is 2.29. The van der Waals surface area contributed by atoms with Crippen molar-refractivity contribution in [3.63, 3.8) is 0 Å². The summed E-state index contributed by atoms with van der Waals surface area (Å²) in [7, 11) is -3.71.